The number of halogens is 6. The van der Waals surface area contributed by atoms with Gasteiger partial charge in [-0.05, 0) is 144 Å². The summed E-state index contributed by atoms with van der Waals surface area (Å²) >= 11 is 0. The Morgan fingerprint density at radius 1 is 0.500 bits per heavy atom. The van der Waals surface area contributed by atoms with Gasteiger partial charge in [-0.2, -0.15) is 26.3 Å². The fourth-order valence-electron chi connectivity index (χ4n) is 16.2. The second-order valence-corrected chi connectivity index (χ2v) is 34.8. The van der Waals surface area contributed by atoms with E-state index in [1.165, 1.54) is 9.80 Å². The van der Waals surface area contributed by atoms with Crippen LogP contribution in [0.25, 0.3) is 0 Å². The van der Waals surface area contributed by atoms with E-state index in [0.717, 1.165) is 20.7 Å². The van der Waals surface area contributed by atoms with E-state index in [-0.39, 0.29) is 46.6 Å². The second-order valence-electron chi connectivity index (χ2n) is 26.1. The molecule has 0 radical (unpaired) electrons. The van der Waals surface area contributed by atoms with Gasteiger partial charge in [-0.1, -0.05) is 202 Å². The summed E-state index contributed by atoms with van der Waals surface area (Å²) in [6, 6.07) is 40.0. The molecular weight excluding hydrogens is 1050 g/mol. The first kappa shape index (κ1) is 61.6. The lowest BCUT2D eigenvalue weighted by Crippen LogP contribution is -2.66. The maximum atomic E-state index is 15.0. The number of piperidine rings is 2. The van der Waals surface area contributed by atoms with Gasteiger partial charge in [-0.15, -0.1) is 0 Å². The predicted octanol–water partition coefficient (Wildman–Crippen LogP) is 14.5. The van der Waals surface area contributed by atoms with Crippen molar-refractivity contribution in [2.45, 2.75) is 204 Å². The van der Waals surface area contributed by atoms with Crippen LogP contribution in [-0.4, -0.2) is 87.0 Å². The van der Waals surface area contributed by atoms with Crippen molar-refractivity contribution < 1.29 is 44.8 Å². The highest BCUT2D eigenvalue weighted by Gasteiger charge is 2.61. The average molecular weight is 1140 g/mol. The van der Waals surface area contributed by atoms with Crippen molar-refractivity contribution in [1.29, 1.82) is 0 Å². The van der Waals surface area contributed by atoms with Gasteiger partial charge in [-0.25, -0.2) is 0 Å². The van der Waals surface area contributed by atoms with Crippen LogP contribution in [0.15, 0.2) is 133 Å². The Bertz CT molecular complexity index is 2420. The fraction of sp³-hybridized carbons (Fsp3) is 0.576. The summed E-state index contributed by atoms with van der Waals surface area (Å²) in [5.74, 6) is -4.11. The number of hydrogen-bond acceptors (Lipinski definition) is 4. The first-order chi connectivity index (χ1) is 37.8. The van der Waals surface area contributed by atoms with E-state index in [4.69, 9.17) is 8.85 Å². The normalized spacial score (nSPS) is 25.2. The highest BCUT2D eigenvalue weighted by atomic mass is 28.4. The van der Waals surface area contributed by atoms with Crippen LogP contribution in [0.2, 0.25) is 10.1 Å². The third-order valence-electron chi connectivity index (χ3n) is 19.5. The van der Waals surface area contributed by atoms with Gasteiger partial charge in [0.15, 0.2) is 0 Å². The third-order valence-corrected chi connectivity index (χ3v) is 29.6. The molecule has 2 saturated heterocycles. The highest BCUT2D eigenvalue weighted by molar-refractivity contribution is 7.00. The predicted molar refractivity (Wildman–Crippen MR) is 314 cm³/mol. The molecule has 436 valence electrons. The van der Waals surface area contributed by atoms with Crippen LogP contribution in [0.1, 0.15) is 158 Å². The van der Waals surface area contributed by atoms with Crippen molar-refractivity contribution in [1.82, 2.24) is 9.80 Å². The number of alkyl halides is 6. The SMILES string of the molecule is C[C@@H](CCO[Si](c1ccccc1)(c1ccccc1)C(C)(C)C)[C@H]1CCC[C@]12CCC[C@H](CC=CC[C@H]1CCC[C@]3(CCC[C@@H]3[C@@H](C)CCO[Si](c3ccccc3)(c3ccccc3)C(C)(C)C)N1C(=O)C(F)(F)F)N2C(=O)C(F)(F)F. The molecule has 2 amide bonds. The summed E-state index contributed by atoms with van der Waals surface area (Å²) < 4.78 is 104. The van der Waals surface area contributed by atoms with Crippen LogP contribution in [0.5, 0.6) is 0 Å². The van der Waals surface area contributed by atoms with Crippen molar-refractivity contribution in [3.63, 3.8) is 0 Å². The Labute approximate surface area is 475 Å². The lowest BCUT2D eigenvalue weighted by atomic mass is 9.70. The minimum atomic E-state index is -5.09. The molecule has 0 aromatic heterocycles. The summed E-state index contributed by atoms with van der Waals surface area (Å²) in [6.45, 7) is 18.4. The van der Waals surface area contributed by atoms with E-state index in [1.807, 2.05) is 72.8 Å². The molecule has 2 aliphatic carbocycles. The quantitative estimate of drug-likeness (QED) is 0.0566. The molecule has 2 spiro atoms. The highest BCUT2D eigenvalue weighted by Crippen LogP contribution is 2.55. The lowest BCUT2D eigenvalue weighted by molar-refractivity contribution is -0.201. The molecule has 0 bridgehead atoms. The van der Waals surface area contributed by atoms with E-state index < -0.39 is 64.0 Å². The van der Waals surface area contributed by atoms with Crippen molar-refractivity contribution >= 4 is 49.2 Å². The largest absolute Gasteiger partial charge is 0.471 e. The van der Waals surface area contributed by atoms with Gasteiger partial charge < -0.3 is 18.7 Å². The van der Waals surface area contributed by atoms with Gasteiger partial charge in [0.25, 0.3) is 16.6 Å². The Morgan fingerprint density at radius 3 is 1.04 bits per heavy atom. The van der Waals surface area contributed by atoms with Gasteiger partial charge in [0.05, 0.1) is 0 Å². The van der Waals surface area contributed by atoms with E-state index in [0.29, 0.717) is 103 Å². The molecule has 2 heterocycles. The van der Waals surface area contributed by atoms with Crippen molar-refractivity contribution in [2.75, 3.05) is 13.2 Å². The lowest BCUT2D eigenvalue weighted by Gasteiger charge is -2.54. The second kappa shape index (κ2) is 24.8. The van der Waals surface area contributed by atoms with Crippen molar-refractivity contribution in [3.8, 4) is 0 Å². The van der Waals surface area contributed by atoms with Gasteiger partial charge in [-0.3, -0.25) is 9.59 Å². The number of carbonyl (C=O) groups is 2. The van der Waals surface area contributed by atoms with Crippen molar-refractivity contribution in [3.05, 3.63) is 133 Å². The number of benzene rings is 4. The van der Waals surface area contributed by atoms with E-state index in [9.17, 15) is 35.9 Å². The van der Waals surface area contributed by atoms with Crippen LogP contribution >= 0.6 is 0 Å². The monoisotopic (exact) mass is 1140 g/mol. The summed E-state index contributed by atoms with van der Waals surface area (Å²) in [6.07, 6.45) is 1.66. The van der Waals surface area contributed by atoms with Crippen molar-refractivity contribution in [2.24, 2.45) is 23.7 Å². The van der Waals surface area contributed by atoms with Crippen LogP contribution in [0.3, 0.4) is 0 Å². The molecule has 4 fully saturated rings. The molecule has 0 N–H and O–H groups in total. The summed E-state index contributed by atoms with van der Waals surface area (Å²) in [4.78, 5) is 30.3. The van der Waals surface area contributed by atoms with Crippen LogP contribution in [-0.2, 0) is 18.4 Å². The van der Waals surface area contributed by atoms with Crippen LogP contribution in [0, 0.1) is 23.7 Å². The zero-order valence-corrected chi connectivity index (χ0v) is 50.7. The number of nitrogens with zero attached hydrogens (tertiary/aromatic N) is 2. The zero-order valence-electron chi connectivity index (χ0n) is 48.7. The molecule has 4 aromatic rings. The summed E-state index contributed by atoms with van der Waals surface area (Å²) in [7, 11) is -5.76. The molecule has 8 rings (SSSR count). The maximum absolute atomic E-state index is 15.0. The fourth-order valence-corrected chi connectivity index (χ4v) is 25.4. The molecular formula is C66H88F6N2O4Si2. The van der Waals surface area contributed by atoms with E-state index in [1.54, 1.807) is 12.2 Å². The summed E-state index contributed by atoms with van der Waals surface area (Å²) in [5, 5.41) is 4.10. The Morgan fingerprint density at radius 2 is 0.775 bits per heavy atom. The standard InChI is InChI=1S/C66H88F6N2O4Si2/c1-49(41-47-77-79(61(3,4)5,53-31-13-9-14-32-53)54-33-15-10-16-34-54)57-39-25-45-63(57)43-23-29-51(73(63)59(75)65(67,68)69)27-21-22-28-52-30-24-44-64(74(52)60(76)66(70,71)72)46-26-40-58(64)50(2)42-48-78-80(62(6,7)8,55-35-17-11-18-36-55)56-37-19-12-20-38-56/h9-22,31-38,49-52,57-58H,23-30,39-48H2,1-8H3/t49-,50-,51-,52-,57+,58+,63+,64+/m0/s1. The number of amides is 2. The Balaban J connectivity index is 0.994. The summed E-state index contributed by atoms with van der Waals surface area (Å²) in [5.41, 5.74) is -1.99. The third kappa shape index (κ3) is 12.1. The van der Waals surface area contributed by atoms with Crippen LogP contribution < -0.4 is 20.7 Å². The zero-order chi connectivity index (χ0) is 57.8. The Kier molecular flexibility index (Phi) is 19.0. The molecule has 80 heavy (non-hydrogen) atoms. The molecule has 4 aromatic carbocycles. The number of carbonyl (C=O) groups excluding carboxylic acids is 2. The maximum Gasteiger partial charge on any atom is 0.471 e. The number of likely N-dealkylation sites (tertiary alicyclic amines) is 2. The van der Waals surface area contributed by atoms with Gasteiger partial charge in [0.1, 0.15) is 0 Å². The van der Waals surface area contributed by atoms with E-state index in [2.05, 4.69) is 104 Å². The molecule has 2 saturated carbocycles. The van der Waals surface area contributed by atoms with Crippen LogP contribution in [0.4, 0.5) is 26.3 Å². The molecule has 14 heteroatoms. The molecule has 0 unspecified atom stereocenters. The number of hydrogen-bond donors (Lipinski definition) is 0. The van der Waals surface area contributed by atoms with Gasteiger partial charge in [0, 0.05) is 36.4 Å². The molecule has 4 aliphatic rings. The number of rotatable bonds is 18. The van der Waals surface area contributed by atoms with Gasteiger partial charge in [0.2, 0.25) is 0 Å². The smallest absolute Gasteiger partial charge is 0.407 e. The van der Waals surface area contributed by atoms with E-state index >= 15 is 0 Å². The molecule has 8 atom stereocenters. The first-order valence-corrected chi connectivity index (χ1v) is 33.6. The Hall–Kier alpha value is -4.51. The minimum Gasteiger partial charge on any atom is -0.407 e. The minimum absolute atomic E-state index is 0.0542. The molecule has 2 aliphatic heterocycles. The molecule has 6 nitrogen and oxygen atoms in total. The topological polar surface area (TPSA) is 59.1 Å². The van der Waals surface area contributed by atoms with Gasteiger partial charge >= 0.3 is 24.2 Å². The first-order valence-electron chi connectivity index (χ1n) is 29.8. The average Bonchev–Trinajstić information content (AvgIpc) is 4.19.